The molecule has 0 unspecified atom stereocenters. The number of carbonyl (C=O) groups excluding carboxylic acids is 1. The SMILES string of the molecule is C[C@]12CC(=O)[C@@]3(C)CCC4=C(CCc5cc(OS(N)(=O)=O)ccc54)[C@]13C2. The van der Waals surface area contributed by atoms with Crippen LogP contribution in [0.4, 0.5) is 0 Å². The summed E-state index contributed by atoms with van der Waals surface area (Å²) in [6.45, 7) is 4.47. The molecule has 0 aromatic heterocycles. The van der Waals surface area contributed by atoms with Gasteiger partial charge in [0.05, 0.1) is 0 Å². The monoisotopic (exact) mass is 373 g/mol. The molecule has 2 fully saturated rings. The van der Waals surface area contributed by atoms with Crippen LogP contribution in [0.2, 0.25) is 0 Å². The van der Waals surface area contributed by atoms with E-state index in [4.69, 9.17) is 9.32 Å². The van der Waals surface area contributed by atoms with Gasteiger partial charge in [-0.15, -0.1) is 0 Å². The molecule has 0 heterocycles. The number of fused-ring (bicyclic) bond motifs is 2. The van der Waals surface area contributed by atoms with Crippen molar-refractivity contribution >= 4 is 21.7 Å². The Hall–Kier alpha value is -1.66. The molecule has 0 aliphatic heterocycles. The average molecular weight is 373 g/mol. The van der Waals surface area contributed by atoms with Gasteiger partial charge in [-0.2, -0.15) is 13.6 Å². The minimum atomic E-state index is -4.01. The zero-order valence-corrected chi connectivity index (χ0v) is 15.9. The fourth-order valence-electron chi connectivity index (χ4n) is 6.52. The van der Waals surface area contributed by atoms with Gasteiger partial charge in [-0.3, -0.25) is 4.79 Å². The summed E-state index contributed by atoms with van der Waals surface area (Å²) in [5.41, 5.74) is 5.16. The molecular formula is C20H23NO4S. The summed E-state index contributed by atoms with van der Waals surface area (Å²) >= 11 is 0. The molecule has 138 valence electrons. The summed E-state index contributed by atoms with van der Waals surface area (Å²) < 4.78 is 27.2. The maximum atomic E-state index is 12.8. The Kier molecular flexibility index (Phi) is 2.92. The first-order valence-electron chi connectivity index (χ1n) is 9.21. The number of carbonyl (C=O) groups is 1. The fourth-order valence-corrected chi connectivity index (χ4v) is 6.89. The molecule has 0 amide bonds. The normalized spacial score (nSPS) is 37.6. The molecule has 0 radical (unpaired) electrons. The summed E-state index contributed by atoms with van der Waals surface area (Å²) in [5, 5.41) is 4.98. The molecule has 1 aromatic rings. The molecule has 5 nitrogen and oxygen atoms in total. The van der Waals surface area contributed by atoms with Crippen molar-refractivity contribution in [3.05, 3.63) is 34.9 Å². The zero-order valence-electron chi connectivity index (χ0n) is 15.1. The van der Waals surface area contributed by atoms with Crippen molar-refractivity contribution in [2.24, 2.45) is 21.4 Å². The molecule has 2 saturated carbocycles. The van der Waals surface area contributed by atoms with E-state index < -0.39 is 10.3 Å². The second-order valence-corrected chi connectivity index (χ2v) is 10.1. The highest BCUT2D eigenvalue weighted by atomic mass is 32.2. The van der Waals surface area contributed by atoms with Gasteiger partial charge in [0.2, 0.25) is 0 Å². The highest BCUT2D eigenvalue weighted by Crippen LogP contribution is 2.85. The lowest BCUT2D eigenvalue weighted by molar-refractivity contribution is -0.128. The van der Waals surface area contributed by atoms with Crippen LogP contribution in [0, 0.1) is 16.2 Å². The van der Waals surface area contributed by atoms with E-state index in [9.17, 15) is 13.2 Å². The number of nitrogens with two attached hydrogens (primary N) is 1. The second-order valence-electron chi connectivity index (χ2n) is 8.93. The first-order valence-corrected chi connectivity index (χ1v) is 10.7. The number of hydrogen-bond acceptors (Lipinski definition) is 4. The van der Waals surface area contributed by atoms with E-state index in [0.717, 1.165) is 37.7 Å². The molecule has 4 aliphatic carbocycles. The van der Waals surface area contributed by atoms with Crippen LogP contribution in [0.25, 0.3) is 5.57 Å². The van der Waals surface area contributed by atoms with Crippen LogP contribution in [0.15, 0.2) is 23.8 Å². The van der Waals surface area contributed by atoms with E-state index in [1.54, 1.807) is 12.1 Å². The Morgan fingerprint density at radius 3 is 2.65 bits per heavy atom. The molecule has 5 rings (SSSR count). The quantitative estimate of drug-likeness (QED) is 0.863. The molecule has 1 spiro atoms. The molecule has 26 heavy (non-hydrogen) atoms. The first kappa shape index (κ1) is 16.5. The van der Waals surface area contributed by atoms with Crippen molar-refractivity contribution in [2.45, 2.75) is 52.4 Å². The van der Waals surface area contributed by atoms with Gasteiger partial charge in [0.25, 0.3) is 0 Å². The van der Waals surface area contributed by atoms with Crippen molar-refractivity contribution in [2.75, 3.05) is 0 Å². The number of Topliss-reactive ketones (excluding diaryl/α,β-unsaturated/α-hetero) is 1. The van der Waals surface area contributed by atoms with Gasteiger partial charge in [0, 0.05) is 17.3 Å². The van der Waals surface area contributed by atoms with E-state index >= 15 is 0 Å². The van der Waals surface area contributed by atoms with E-state index in [2.05, 4.69) is 13.8 Å². The van der Waals surface area contributed by atoms with Gasteiger partial charge >= 0.3 is 10.3 Å². The van der Waals surface area contributed by atoms with Gasteiger partial charge in [-0.25, -0.2) is 0 Å². The molecule has 6 heteroatoms. The van der Waals surface area contributed by atoms with Crippen molar-refractivity contribution in [1.29, 1.82) is 0 Å². The number of rotatable bonds is 2. The number of ketones is 1. The Morgan fingerprint density at radius 1 is 1.15 bits per heavy atom. The molecule has 0 saturated heterocycles. The van der Waals surface area contributed by atoms with Crippen molar-refractivity contribution in [3.63, 3.8) is 0 Å². The van der Waals surface area contributed by atoms with Gasteiger partial charge in [-0.1, -0.05) is 25.5 Å². The Labute approximate surface area is 153 Å². The topological polar surface area (TPSA) is 86.5 Å². The molecular weight excluding hydrogens is 350 g/mol. The minimum absolute atomic E-state index is 0.0537. The van der Waals surface area contributed by atoms with Gasteiger partial charge in [-0.05, 0) is 66.4 Å². The lowest BCUT2D eigenvalue weighted by Crippen LogP contribution is -2.39. The second kappa shape index (κ2) is 4.60. The van der Waals surface area contributed by atoms with Crippen LogP contribution < -0.4 is 9.32 Å². The Morgan fingerprint density at radius 2 is 1.92 bits per heavy atom. The van der Waals surface area contributed by atoms with E-state index in [-0.39, 0.29) is 22.0 Å². The summed E-state index contributed by atoms with van der Waals surface area (Å²) in [7, 11) is -4.01. The number of benzene rings is 1. The van der Waals surface area contributed by atoms with Crippen LogP contribution in [0.3, 0.4) is 0 Å². The number of hydrogen-bond donors (Lipinski definition) is 1. The van der Waals surface area contributed by atoms with Gasteiger partial charge in [0.15, 0.2) is 0 Å². The van der Waals surface area contributed by atoms with E-state index in [1.807, 2.05) is 6.07 Å². The smallest absolute Gasteiger partial charge is 0.371 e. The first-order chi connectivity index (χ1) is 12.1. The summed E-state index contributed by atoms with van der Waals surface area (Å²) in [4.78, 5) is 12.8. The highest BCUT2D eigenvalue weighted by molar-refractivity contribution is 7.84. The molecule has 1 aromatic carbocycles. The Bertz CT molecular complexity index is 1010. The maximum absolute atomic E-state index is 12.8. The van der Waals surface area contributed by atoms with Crippen LogP contribution in [-0.2, 0) is 21.5 Å². The van der Waals surface area contributed by atoms with Gasteiger partial charge in [0.1, 0.15) is 11.5 Å². The minimum Gasteiger partial charge on any atom is -0.371 e. The lowest BCUT2D eigenvalue weighted by atomic mass is 9.58. The predicted octanol–water partition coefficient (Wildman–Crippen LogP) is 3.14. The summed E-state index contributed by atoms with van der Waals surface area (Å²) in [5.74, 6) is 0.710. The summed E-state index contributed by atoms with van der Waals surface area (Å²) in [6.07, 6.45) is 5.46. The van der Waals surface area contributed by atoms with Gasteiger partial charge < -0.3 is 4.18 Å². The molecule has 0 bridgehead atoms. The summed E-state index contributed by atoms with van der Waals surface area (Å²) in [6, 6.07) is 5.43. The Balaban J connectivity index is 1.62. The van der Waals surface area contributed by atoms with Crippen molar-refractivity contribution < 1.29 is 17.4 Å². The van der Waals surface area contributed by atoms with Crippen LogP contribution in [0.5, 0.6) is 5.75 Å². The van der Waals surface area contributed by atoms with Crippen LogP contribution in [0.1, 0.15) is 57.1 Å². The van der Waals surface area contributed by atoms with Crippen molar-refractivity contribution in [1.82, 2.24) is 0 Å². The largest absolute Gasteiger partial charge is 0.380 e. The number of allylic oxidation sites excluding steroid dienone is 2. The van der Waals surface area contributed by atoms with Crippen LogP contribution in [-0.4, -0.2) is 14.2 Å². The fraction of sp³-hybridized carbons (Fsp3) is 0.550. The average Bonchev–Trinajstić information content (AvgIpc) is 3.10. The standard InChI is InChI=1S/C20H23NO4S/c1-18-10-17(22)19(2)8-7-15-14-5-4-13(25-26(21,23)24)9-12(14)3-6-16(15)20(18,19)11-18/h4-5,9H,3,6-8,10-11H2,1-2H3,(H2,21,23,24)/t18-,19-,20-/m1/s1. The predicted molar refractivity (Wildman–Crippen MR) is 97.5 cm³/mol. The lowest BCUT2D eigenvalue weighted by Gasteiger charge is -2.44. The van der Waals surface area contributed by atoms with Crippen molar-refractivity contribution in [3.8, 4) is 5.75 Å². The highest BCUT2D eigenvalue weighted by Gasteiger charge is 2.81. The van der Waals surface area contributed by atoms with E-state index in [0.29, 0.717) is 12.2 Å². The third-order valence-corrected chi connectivity index (χ3v) is 8.11. The number of aryl methyl sites for hydroxylation is 1. The molecule has 4 aliphatic rings. The third kappa shape index (κ3) is 1.84. The molecule has 2 N–H and O–H groups in total. The van der Waals surface area contributed by atoms with Crippen LogP contribution >= 0.6 is 0 Å². The third-order valence-electron chi connectivity index (χ3n) is 7.68. The zero-order chi connectivity index (χ0) is 18.5. The maximum Gasteiger partial charge on any atom is 0.380 e. The molecule has 3 atom stereocenters. The van der Waals surface area contributed by atoms with E-state index in [1.165, 1.54) is 16.7 Å².